The molecule has 0 amide bonds. The van der Waals surface area contributed by atoms with Crippen molar-refractivity contribution < 1.29 is 0 Å². The average molecular weight is 715 g/mol. The van der Waals surface area contributed by atoms with Gasteiger partial charge in [-0.1, -0.05) is 158 Å². The minimum Gasteiger partial charge on any atom is -0.255 e. The van der Waals surface area contributed by atoms with Crippen LogP contribution in [-0.2, 0) is 0 Å². The number of fused-ring (bicyclic) bond motifs is 3. The summed E-state index contributed by atoms with van der Waals surface area (Å²) in [5.74, 6) is 0. The van der Waals surface area contributed by atoms with Crippen molar-refractivity contribution in [2.24, 2.45) is 0 Å². The Bertz CT molecular complexity index is 2930. The summed E-state index contributed by atoms with van der Waals surface area (Å²) in [6.07, 6.45) is 3.60. The van der Waals surface area contributed by atoms with Crippen molar-refractivity contribution in [1.82, 2.24) is 19.9 Å². The molecule has 6 aromatic carbocycles. The minimum absolute atomic E-state index is 0.802. The van der Waals surface area contributed by atoms with Gasteiger partial charge in [-0.2, -0.15) is 0 Å². The van der Waals surface area contributed by atoms with Crippen LogP contribution >= 0.6 is 0 Å². The highest BCUT2D eigenvalue weighted by Crippen LogP contribution is 2.43. The molecule has 0 spiro atoms. The van der Waals surface area contributed by atoms with E-state index in [2.05, 4.69) is 168 Å². The zero-order valence-electron chi connectivity index (χ0n) is 30.4. The van der Waals surface area contributed by atoms with Crippen molar-refractivity contribution in [3.05, 3.63) is 207 Å². The lowest BCUT2D eigenvalue weighted by atomic mass is 9.88. The zero-order chi connectivity index (χ0) is 37.3. The number of pyridine rings is 4. The van der Waals surface area contributed by atoms with Crippen LogP contribution in [0, 0.1) is 0 Å². The number of nitrogens with zero attached hydrogens (tertiary/aromatic N) is 4. The largest absolute Gasteiger partial charge is 0.255 e. The number of para-hydroxylation sites is 1. The van der Waals surface area contributed by atoms with E-state index in [1.54, 1.807) is 12.4 Å². The van der Waals surface area contributed by atoms with E-state index in [-0.39, 0.29) is 0 Å². The molecule has 4 heteroatoms. The summed E-state index contributed by atoms with van der Waals surface area (Å²) < 4.78 is 0. The molecule has 4 heterocycles. The molecule has 0 aliphatic rings. The zero-order valence-corrected chi connectivity index (χ0v) is 30.4. The molecule has 0 bridgehead atoms. The molecule has 0 saturated carbocycles. The van der Waals surface area contributed by atoms with Crippen LogP contribution in [0.15, 0.2) is 207 Å². The van der Waals surface area contributed by atoms with E-state index in [1.165, 1.54) is 27.6 Å². The molecule has 56 heavy (non-hydrogen) atoms. The van der Waals surface area contributed by atoms with Crippen LogP contribution in [0.5, 0.6) is 0 Å². The number of benzene rings is 6. The summed E-state index contributed by atoms with van der Waals surface area (Å²) in [5, 5.41) is 3.44. The molecule has 4 nitrogen and oxygen atoms in total. The van der Waals surface area contributed by atoms with Gasteiger partial charge in [-0.15, -0.1) is 0 Å². The number of rotatable bonds is 7. The highest BCUT2D eigenvalue weighted by molar-refractivity contribution is 6.20. The summed E-state index contributed by atoms with van der Waals surface area (Å²) in [5.41, 5.74) is 15.3. The SMILES string of the molecule is c1ccc(-c2ccccc2-c2cccc3c(-c4ccccc4)nc4c(-c5ccc(-c6cc(-c7ccccn7)nc(-c7ccccn7)c6)cc5)cccc4c23)cc1. The van der Waals surface area contributed by atoms with Gasteiger partial charge < -0.3 is 0 Å². The molecule has 0 fully saturated rings. The summed E-state index contributed by atoms with van der Waals surface area (Å²) in [4.78, 5) is 19.7. The standard InChI is InChI=1S/C52H34N4/c1-3-15-36(16-4-1)40-19-7-8-20-42(40)43-22-14-23-44-50(43)45-24-13-21-41(52(45)56-51(44)38-17-5-2-6-18-38)37-29-27-35(28-30-37)39-33-48(46-25-9-11-31-53-46)55-49(34-39)47-26-10-12-32-54-47/h1-34H. The molecule has 0 atom stereocenters. The molecule has 0 N–H and O–H groups in total. The van der Waals surface area contributed by atoms with Crippen molar-refractivity contribution in [3.8, 4) is 78.5 Å². The van der Waals surface area contributed by atoms with Crippen LogP contribution in [0.25, 0.3) is 100 Å². The molecule has 0 radical (unpaired) electrons. The van der Waals surface area contributed by atoms with E-state index in [4.69, 9.17) is 9.97 Å². The Hall–Kier alpha value is -7.56. The predicted molar refractivity (Wildman–Crippen MR) is 231 cm³/mol. The smallest absolute Gasteiger partial charge is 0.0900 e. The lowest BCUT2D eigenvalue weighted by Gasteiger charge is -2.18. The van der Waals surface area contributed by atoms with Crippen LogP contribution in [0.1, 0.15) is 0 Å². The van der Waals surface area contributed by atoms with Gasteiger partial charge in [-0.3, -0.25) is 9.97 Å². The normalized spacial score (nSPS) is 11.2. The number of hydrogen-bond donors (Lipinski definition) is 0. The summed E-state index contributed by atoms with van der Waals surface area (Å²) in [6, 6.07) is 67.9. The van der Waals surface area contributed by atoms with E-state index < -0.39 is 0 Å². The first-order valence-electron chi connectivity index (χ1n) is 18.8. The monoisotopic (exact) mass is 714 g/mol. The first kappa shape index (κ1) is 33.0. The number of aromatic nitrogens is 4. The summed E-state index contributed by atoms with van der Waals surface area (Å²) >= 11 is 0. The fraction of sp³-hybridized carbons (Fsp3) is 0. The van der Waals surface area contributed by atoms with Crippen molar-refractivity contribution >= 4 is 21.7 Å². The van der Waals surface area contributed by atoms with Crippen LogP contribution in [0.3, 0.4) is 0 Å². The lowest BCUT2D eigenvalue weighted by molar-refractivity contribution is 1.22. The van der Waals surface area contributed by atoms with Gasteiger partial charge in [0.25, 0.3) is 0 Å². The fourth-order valence-corrected chi connectivity index (χ4v) is 7.77. The Kier molecular flexibility index (Phi) is 8.47. The van der Waals surface area contributed by atoms with Crippen molar-refractivity contribution in [1.29, 1.82) is 0 Å². The van der Waals surface area contributed by atoms with E-state index in [9.17, 15) is 0 Å². The molecule has 10 rings (SSSR count). The maximum Gasteiger partial charge on any atom is 0.0900 e. The van der Waals surface area contributed by atoms with E-state index >= 15 is 0 Å². The molecule has 10 aromatic rings. The van der Waals surface area contributed by atoms with Gasteiger partial charge in [0.05, 0.1) is 34.0 Å². The summed E-state index contributed by atoms with van der Waals surface area (Å²) in [7, 11) is 0. The van der Waals surface area contributed by atoms with Gasteiger partial charge in [0, 0.05) is 39.7 Å². The molecular formula is C52H34N4. The van der Waals surface area contributed by atoms with Gasteiger partial charge in [0.2, 0.25) is 0 Å². The Morgan fingerprint density at radius 1 is 0.286 bits per heavy atom. The Morgan fingerprint density at radius 2 is 0.804 bits per heavy atom. The van der Waals surface area contributed by atoms with Crippen LogP contribution in [0.2, 0.25) is 0 Å². The fourth-order valence-electron chi connectivity index (χ4n) is 7.77. The highest BCUT2D eigenvalue weighted by Gasteiger charge is 2.19. The van der Waals surface area contributed by atoms with Crippen molar-refractivity contribution in [3.63, 3.8) is 0 Å². The topological polar surface area (TPSA) is 51.6 Å². The van der Waals surface area contributed by atoms with Crippen LogP contribution < -0.4 is 0 Å². The molecule has 0 unspecified atom stereocenters. The molecule has 0 saturated heterocycles. The number of hydrogen-bond acceptors (Lipinski definition) is 4. The highest BCUT2D eigenvalue weighted by atomic mass is 14.8. The van der Waals surface area contributed by atoms with Crippen LogP contribution in [-0.4, -0.2) is 19.9 Å². The first-order valence-corrected chi connectivity index (χ1v) is 18.8. The second-order valence-electron chi connectivity index (χ2n) is 13.8. The maximum absolute atomic E-state index is 5.51. The van der Waals surface area contributed by atoms with Gasteiger partial charge in [0.1, 0.15) is 0 Å². The summed E-state index contributed by atoms with van der Waals surface area (Å²) in [6.45, 7) is 0. The third-order valence-electron chi connectivity index (χ3n) is 10.4. The van der Waals surface area contributed by atoms with Gasteiger partial charge in [0.15, 0.2) is 0 Å². The molecule has 262 valence electrons. The van der Waals surface area contributed by atoms with E-state index in [0.717, 1.165) is 72.6 Å². The lowest BCUT2D eigenvalue weighted by Crippen LogP contribution is -1.95. The molecule has 4 aromatic heterocycles. The average Bonchev–Trinajstić information content (AvgIpc) is 3.29. The first-order chi connectivity index (χ1) is 27.8. The van der Waals surface area contributed by atoms with E-state index in [0.29, 0.717) is 0 Å². The maximum atomic E-state index is 5.51. The van der Waals surface area contributed by atoms with Crippen LogP contribution in [0.4, 0.5) is 0 Å². The Morgan fingerprint density at radius 3 is 1.45 bits per heavy atom. The Labute approximate surface area is 325 Å². The van der Waals surface area contributed by atoms with E-state index in [1.807, 2.05) is 36.4 Å². The van der Waals surface area contributed by atoms with Gasteiger partial charge in [-0.25, -0.2) is 9.97 Å². The third-order valence-corrected chi connectivity index (χ3v) is 10.4. The third kappa shape index (κ3) is 6.09. The van der Waals surface area contributed by atoms with Crippen molar-refractivity contribution in [2.45, 2.75) is 0 Å². The quantitative estimate of drug-likeness (QED) is 0.154. The molecular weight excluding hydrogens is 681 g/mol. The predicted octanol–water partition coefficient (Wildman–Crippen LogP) is 13.2. The second-order valence-corrected chi connectivity index (χ2v) is 13.8. The van der Waals surface area contributed by atoms with Gasteiger partial charge in [-0.05, 0) is 75.3 Å². The minimum atomic E-state index is 0.802. The van der Waals surface area contributed by atoms with Gasteiger partial charge >= 0.3 is 0 Å². The molecule has 0 aliphatic carbocycles. The molecule has 0 aliphatic heterocycles. The second kappa shape index (κ2) is 14.3. The van der Waals surface area contributed by atoms with Crippen molar-refractivity contribution in [2.75, 3.05) is 0 Å². The Balaban J connectivity index is 1.16.